The fourth-order valence-electron chi connectivity index (χ4n) is 1.93. The van der Waals surface area contributed by atoms with Crippen LogP contribution in [0.4, 0.5) is 11.5 Å². The minimum absolute atomic E-state index is 0.0357. The van der Waals surface area contributed by atoms with Gasteiger partial charge in [-0.3, -0.25) is 29.3 Å². The Kier molecular flexibility index (Phi) is 3.19. The highest BCUT2D eigenvalue weighted by Crippen LogP contribution is 2.24. The fraction of sp³-hybridized carbons (Fsp3) is 0.500. The van der Waals surface area contributed by atoms with Gasteiger partial charge in [0, 0.05) is 20.5 Å². The van der Waals surface area contributed by atoms with Gasteiger partial charge in [0.25, 0.3) is 5.91 Å². The highest BCUT2D eigenvalue weighted by molar-refractivity contribution is 6.01. The van der Waals surface area contributed by atoms with Gasteiger partial charge in [-0.2, -0.15) is 0 Å². The topological polar surface area (TPSA) is 110 Å². The molecule has 1 N–H and O–H groups in total. The highest BCUT2D eigenvalue weighted by Gasteiger charge is 2.33. The summed E-state index contributed by atoms with van der Waals surface area (Å²) in [7, 11) is 2.95. The fourth-order valence-corrected chi connectivity index (χ4v) is 1.93. The molecule has 0 radical (unpaired) electrons. The molecule has 2 amide bonds. The van der Waals surface area contributed by atoms with Crippen LogP contribution in [-0.2, 0) is 16.6 Å². The Hall–Kier alpha value is -2.45. The first-order chi connectivity index (χ1) is 8.90. The van der Waals surface area contributed by atoms with Crippen molar-refractivity contribution in [1.29, 1.82) is 0 Å². The number of likely N-dealkylation sites (N-methyl/N-ethyl adjacent to an activating group) is 1. The smallest absolute Gasteiger partial charge is 0.330 e. The van der Waals surface area contributed by atoms with E-state index in [0.29, 0.717) is 6.42 Å². The Bertz CT molecular complexity index is 552. The molecule has 1 fully saturated rings. The summed E-state index contributed by atoms with van der Waals surface area (Å²) in [4.78, 5) is 34.5. The van der Waals surface area contributed by atoms with Crippen molar-refractivity contribution >= 4 is 23.3 Å². The largest absolute Gasteiger partial charge is 0.351 e. The van der Waals surface area contributed by atoms with E-state index in [1.807, 2.05) is 0 Å². The molecule has 1 saturated heterocycles. The Morgan fingerprint density at radius 2 is 2.16 bits per heavy atom. The van der Waals surface area contributed by atoms with Gasteiger partial charge in [0.05, 0.1) is 4.92 Å². The van der Waals surface area contributed by atoms with Crippen molar-refractivity contribution in [3.05, 3.63) is 16.3 Å². The second-order valence-electron chi connectivity index (χ2n) is 4.32. The van der Waals surface area contributed by atoms with Crippen molar-refractivity contribution in [3.8, 4) is 0 Å². The summed E-state index contributed by atoms with van der Waals surface area (Å²) in [6.07, 6.45) is 1.78. The van der Waals surface area contributed by atoms with Crippen LogP contribution >= 0.6 is 0 Å². The highest BCUT2D eigenvalue weighted by atomic mass is 16.6. The second-order valence-corrected chi connectivity index (χ2v) is 4.32. The van der Waals surface area contributed by atoms with Crippen LogP contribution in [0.25, 0.3) is 0 Å². The number of likely N-dealkylation sites (tertiary alicyclic amines) is 1. The predicted octanol–water partition coefficient (Wildman–Crippen LogP) is -0.112. The standard InChI is InChI=1S/C10H13N5O4/c1-13-5-7(15(18)19)9(12-13)11-6-3-4-8(16)14(2)10(6)17/h5-6H,3-4H2,1-2H3,(H,11,12). The number of hydrogen-bond donors (Lipinski definition) is 1. The van der Waals surface area contributed by atoms with Crippen molar-refractivity contribution < 1.29 is 14.5 Å². The minimum Gasteiger partial charge on any atom is -0.351 e. The molecule has 1 aromatic heterocycles. The van der Waals surface area contributed by atoms with Crippen LogP contribution < -0.4 is 5.32 Å². The van der Waals surface area contributed by atoms with Crippen LogP contribution in [0.15, 0.2) is 6.20 Å². The van der Waals surface area contributed by atoms with E-state index in [4.69, 9.17) is 0 Å². The molecule has 19 heavy (non-hydrogen) atoms. The number of amides is 2. The van der Waals surface area contributed by atoms with Crippen molar-refractivity contribution in [2.45, 2.75) is 18.9 Å². The van der Waals surface area contributed by atoms with Gasteiger partial charge >= 0.3 is 5.69 Å². The lowest BCUT2D eigenvalue weighted by atomic mass is 10.0. The van der Waals surface area contributed by atoms with Crippen molar-refractivity contribution in [3.63, 3.8) is 0 Å². The maximum Gasteiger partial charge on any atom is 0.330 e. The first-order valence-electron chi connectivity index (χ1n) is 5.65. The molecule has 2 rings (SSSR count). The molecule has 9 heteroatoms. The van der Waals surface area contributed by atoms with E-state index in [1.54, 1.807) is 7.05 Å². The zero-order valence-corrected chi connectivity index (χ0v) is 10.5. The number of nitro groups is 1. The van der Waals surface area contributed by atoms with E-state index in [2.05, 4.69) is 10.4 Å². The lowest BCUT2D eigenvalue weighted by Gasteiger charge is -2.27. The molecule has 1 atom stereocenters. The molecule has 1 unspecified atom stereocenters. The Labute approximate surface area is 108 Å². The summed E-state index contributed by atoms with van der Waals surface area (Å²) in [5.41, 5.74) is -0.199. The lowest BCUT2D eigenvalue weighted by Crippen LogP contribution is -2.48. The first kappa shape index (κ1) is 13.0. The van der Waals surface area contributed by atoms with Crippen LogP contribution in [0, 0.1) is 10.1 Å². The third-order valence-corrected chi connectivity index (χ3v) is 2.97. The summed E-state index contributed by atoms with van der Waals surface area (Å²) in [5.74, 6) is -0.622. The van der Waals surface area contributed by atoms with Crippen LogP contribution in [-0.4, -0.2) is 44.5 Å². The number of nitrogens with zero attached hydrogens (tertiary/aromatic N) is 4. The summed E-state index contributed by atoms with van der Waals surface area (Å²) in [6, 6.07) is -0.670. The van der Waals surface area contributed by atoms with Crippen LogP contribution in [0.2, 0.25) is 0 Å². The zero-order chi connectivity index (χ0) is 14.2. The van der Waals surface area contributed by atoms with Crippen molar-refractivity contribution in [2.24, 2.45) is 7.05 Å². The SMILES string of the molecule is CN1C(=O)CCC(Nc2nn(C)cc2[N+](=O)[O-])C1=O. The van der Waals surface area contributed by atoms with Crippen molar-refractivity contribution in [2.75, 3.05) is 12.4 Å². The van der Waals surface area contributed by atoms with Gasteiger partial charge < -0.3 is 5.32 Å². The van der Waals surface area contributed by atoms with Crippen LogP contribution in [0.5, 0.6) is 0 Å². The molecular formula is C10H13N5O4. The normalized spacial score (nSPS) is 19.7. The maximum absolute atomic E-state index is 11.9. The molecule has 1 aromatic rings. The maximum atomic E-state index is 11.9. The number of imide groups is 1. The monoisotopic (exact) mass is 267 g/mol. The number of aromatic nitrogens is 2. The molecular weight excluding hydrogens is 254 g/mol. The van der Waals surface area contributed by atoms with Gasteiger partial charge in [0.15, 0.2) is 0 Å². The molecule has 1 aliphatic rings. The zero-order valence-electron chi connectivity index (χ0n) is 10.5. The number of hydrogen-bond acceptors (Lipinski definition) is 6. The van der Waals surface area contributed by atoms with Crippen molar-refractivity contribution in [1.82, 2.24) is 14.7 Å². The van der Waals surface area contributed by atoms with E-state index in [0.717, 1.165) is 4.90 Å². The van der Waals surface area contributed by atoms with Gasteiger partial charge in [0.1, 0.15) is 12.2 Å². The van der Waals surface area contributed by atoms with E-state index >= 15 is 0 Å². The third kappa shape index (κ3) is 2.39. The number of carbonyl (C=O) groups is 2. The molecule has 0 bridgehead atoms. The Morgan fingerprint density at radius 1 is 1.47 bits per heavy atom. The molecule has 0 aromatic carbocycles. The number of carbonyl (C=O) groups excluding carboxylic acids is 2. The molecule has 2 heterocycles. The minimum atomic E-state index is -0.670. The predicted molar refractivity (Wildman–Crippen MR) is 64.3 cm³/mol. The summed E-state index contributed by atoms with van der Waals surface area (Å²) in [6.45, 7) is 0. The van der Waals surface area contributed by atoms with Gasteiger partial charge in [-0.05, 0) is 6.42 Å². The number of aryl methyl sites for hydroxylation is 1. The van der Waals surface area contributed by atoms with E-state index < -0.39 is 16.9 Å². The van der Waals surface area contributed by atoms with Gasteiger partial charge in [-0.1, -0.05) is 0 Å². The van der Waals surface area contributed by atoms with Crippen LogP contribution in [0.1, 0.15) is 12.8 Å². The van der Waals surface area contributed by atoms with Gasteiger partial charge in [-0.25, -0.2) is 0 Å². The van der Waals surface area contributed by atoms with Gasteiger partial charge in [-0.15, -0.1) is 5.10 Å². The summed E-state index contributed by atoms with van der Waals surface area (Å²) in [5, 5.41) is 17.5. The number of anilines is 1. The Balaban J connectivity index is 2.20. The van der Waals surface area contributed by atoms with Crippen LogP contribution in [0.3, 0.4) is 0 Å². The number of rotatable bonds is 3. The van der Waals surface area contributed by atoms with E-state index in [1.165, 1.54) is 17.9 Å². The Morgan fingerprint density at radius 3 is 2.79 bits per heavy atom. The number of nitrogens with one attached hydrogen (secondary N) is 1. The molecule has 9 nitrogen and oxygen atoms in total. The van der Waals surface area contributed by atoms with Gasteiger partial charge in [0.2, 0.25) is 11.7 Å². The average molecular weight is 267 g/mol. The quantitative estimate of drug-likeness (QED) is 0.464. The molecule has 1 aliphatic heterocycles. The lowest BCUT2D eigenvalue weighted by molar-refractivity contribution is -0.384. The summed E-state index contributed by atoms with van der Waals surface area (Å²) < 4.78 is 1.29. The molecule has 0 saturated carbocycles. The second kappa shape index (κ2) is 4.67. The number of piperidine rings is 1. The molecule has 0 spiro atoms. The molecule has 102 valence electrons. The summed E-state index contributed by atoms with van der Waals surface area (Å²) >= 11 is 0. The average Bonchev–Trinajstić information content (AvgIpc) is 2.71. The first-order valence-corrected chi connectivity index (χ1v) is 5.65. The van der Waals surface area contributed by atoms with E-state index in [-0.39, 0.29) is 23.8 Å². The third-order valence-electron chi connectivity index (χ3n) is 2.97. The van der Waals surface area contributed by atoms with E-state index in [9.17, 15) is 19.7 Å². The molecule has 0 aliphatic carbocycles.